The highest BCUT2D eigenvalue weighted by Crippen LogP contribution is 2.22. The fourth-order valence-corrected chi connectivity index (χ4v) is 3.58. The van der Waals surface area contributed by atoms with Gasteiger partial charge in [0.1, 0.15) is 5.75 Å². The van der Waals surface area contributed by atoms with E-state index in [-0.39, 0.29) is 22.2 Å². The smallest absolute Gasteiger partial charge is 0.239 e. The highest BCUT2D eigenvalue weighted by Gasteiger charge is 2.16. The van der Waals surface area contributed by atoms with E-state index in [0.29, 0.717) is 11.4 Å². The van der Waals surface area contributed by atoms with Crippen LogP contribution in [0.4, 0.5) is 5.69 Å². The normalized spacial score (nSPS) is 10.7. The average molecular weight is 408 g/mol. The minimum Gasteiger partial charge on any atom is -0.495 e. The number of hydrogen-bond donors (Lipinski definition) is 3. The van der Waals surface area contributed by atoms with E-state index in [1.807, 2.05) is 19.1 Å². The number of aryl methyl sites for hydroxylation is 1. The number of carbonyl (C=O) groups excluding carboxylic acids is 1. The Bertz CT molecular complexity index is 912. The van der Waals surface area contributed by atoms with Crippen LogP contribution in [-0.4, -0.2) is 32.3 Å². The Balaban J connectivity index is 1.82. The topological polar surface area (TPSA) is 96.5 Å². The second-order valence-electron chi connectivity index (χ2n) is 5.71. The molecule has 0 spiro atoms. The number of rotatable bonds is 6. The van der Waals surface area contributed by atoms with Crippen molar-refractivity contribution in [2.24, 2.45) is 0 Å². The van der Waals surface area contributed by atoms with Gasteiger partial charge in [0.25, 0.3) is 0 Å². The van der Waals surface area contributed by atoms with Gasteiger partial charge in [-0.05, 0) is 43.4 Å². The molecule has 0 aliphatic heterocycles. The number of nitrogens with one attached hydrogen (secondary N) is 3. The van der Waals surface area contributed by atoms with E-state index in [1.165, 1.54) is 19.2 Å². The number of para-hydroxylation sites is 2. The third-order valence-electron chi connectivity index (χ3n) is 3.65. The molecule has 0 aliphatic carbocycles. The molecule has 1 amide bonds. The summed E-state index contributed by atoms with van der Waals surface area (Å²) in [6.07, 6.45) is -0.194. The molecule has 27 heavy (non-hydrogen) atoms. The molecule has 0 heterocycles. The predicted molar refractivity (Wildman–Crippen MR) is 108 cm³/mol. The summed E-state index contributed by atoms with van der Waals surface area (Å²) in [7, 11) is -1.99. The SMILES string of the molecule is COc1ccccc1NC(=S)NNC(=O)CCS(=O)(=O)c1ccc(C)cc1. The van der Waals surface area contributed by atoms with Gasteiger partial charge in [-0.15, -0.1) is 0 Å². The molecule has 144 valence electrons. The first-order chi connectivity index (χ1) is 12.8. The summed E-state index contributed by atoms with van der Waals surface area (Å²) in [6.45, 7) is 1.87. The third kappa shape index (κ3) is 6.22. The molecule has 0 saturated heterocycles. The van der Waals surface area contributed by atoms with Gasteiger partial charge < -0.3 is 10.1 Å². The number of ether oxygens (including phenoxy) is 1. The molecule has 0 saturated carbocycles. The number of methoxy groups -OCH3 is 1. The number of hydrazine groups is 1. The first-order valence-corrected chi connectivity index (χ1v) is 10.2. The van der Waals surface area contributed by atoms with Gasteiger partial charge in [0.15, 0.2) is 14.9 Å². The van der Waals surface area contributed by atoms with Crippen LogP contribution in [0.15, 0.2) is 53.4 Å². The zero-order valence-corrected chi connectivity index (χ0v) is 16.6. The monoisotopic (exact) mass is 407 g/mol. The Kier molecular flexibility index (Phi) is 7.14. The summed E-state index contributed by atoms with van der Waals surface area (Å²) < 4.78 is 29.7. The van der Waals surface area contributed by atoms with Gasteiger partial charge in [-0.1, -0.05) is 29.8 Å². The van der Waals surface area contributed by atoms with E-state index in [9.17, 15) is 13.2 Å². The molecular formula is C18H21N3O4S2. The van der Waals surface area contributed by atoms with Gasteiger partial charge in [-0.2, -0.15) is 0 Å². The van der Waals surface area contributed by atoms with E-state index >= 15 is 0 Å². The van der Waals surface area contributed by atoms with Gasteiger partial charge >= 0.3 is 0 Å². The van der Waals surface area contributed by atoms with E-state index in [2.05, 4.69) is 16.2 Å². The van der Waals surface area contributed by atoms with Crippen molar-refractivity contribution in [3.8, 4) is 5.75 Å². The number of anilines is 1. The summed E-state index contributed by atoms with van der Waals surface area (Å²) in [6, 6.07) is 13.7. The molecule has 0 aromatic heterocycles. The lowest BCUT2D eigenvalue weighted by molar-refractivity contribution is -0.121. The fraction of sp³-hybridized carbons (Fsp3) is 0.222. The van der Waals surface area contributed by atoms with E-state index in [4.69, 9.17) is 17.0 Å². The van der Waals surface area contributed by atoms with Gasteiger partial charge in [-0.25, -0.2) is 8.42 Å². The minimum absolute atomic E-state index is 0.147. The Hall–Kier alpha value is -2.65. The van der Waals surface area contributed by atoms with Crippen LogP contribution >= 0.6 is 12.2 Å². The summed E-state index contributed by atoms with van der Waals surface area (Å²) in [5, 5.41) is 3.03. The number of sulfone groups is 1. The summed E-state index contributed by atoms with van der Waals surface area (Å²) >= 11 is 5.10. The third-order valence-corrected chi connectivity index (χ3v) is 5.58. The van der Waals surface area contributed by atoms with Crippen LogP contribution in [0.25, 0.3) is 0 Å². The number of carbonyl (C=O) groups is 1. The standard InChI is InChI=1S/C18H21N3O4S2/c1-13-7-9-14(10-8-13)27(23,24)12-11-17(22)20-21-18(26)19-15-5-3-4-6-16(15)25-2/h3-10H,11-12H2,1-2H3,(H,20,22)(H2,19,21,26). The molecule has 0 aliphatic rings. The second-order valence-corrected chi connectivity index (χ2v) is 8.23. The van der Waals surface area contributed by atoms with E-state index < -0.39 is 15.7 Å². The molecule has 9 heteroatoms. The number of benzene rings is 2. The zero-order chi connectivity index (χ0) is 19.9. The van der Waals surface area contributed by atoms with Gasteiger partial charge in [-0.3, -0.25) is 15.6 Å². The summed E-state index contributed by atoms with van der Waals surface area (Å²) in [5.74, 6) is -0.192. The quantitative estimate of drug-likeness (QED) is 0.499. The minimum atomic E-state index is -3.52. The lowest BCUT2D eigenvalue weighted by Gasteiger charge is -2.13. The number of hydrogen-bond acceptors (Lipinski definition) is 5. The van der Waals surface area contributed by atoms with E-state index in [0.717, 1.165) is 5.56 Å². The molecule has 0 atom stereocenters. The maximum atomic E-state index is 12.2. The van der Waals surface area contributed by atoms with Gasteiger partial charge in [0, 0.05) is 6.42 Å². The summed E-state index contributed by atoms with van der Waals surface area (Å²) in [4.78, 5) is 12.1. The first-order valence-electron chi connectivity index (χ1n) is 8.10. The van der Waals surface area contributed by atoms with Crippen LogP contribution < -0.4 is 20.9 Å². The largest absolute Gasteiger partial charge is 0.495 e. The van der Waals surface area contributed by atoms with Crippen LogP contribution in [-0.2, 0) is 14.6 Å². The lowest BCUT2D eigenvalue weighted by atomic mass is 10.2. The molecule has 0 radical (unpaired) electrons. The zero-order valence-electron chi connectivity index (χ0n) is 15.0. The van der Waals surface area contributed by atoms with Crippen LogP contribution in [0.2, 0.25) is 0 Å². The Morgan fingerprint density at radius 2 is 1.74 bits per heavy atom. The molecule has 0 unspecified atom stereocenters. The molecule has 0 bridgehead atoms. The predicted octanol–water partition coefficient (Wildman–Crippen LogP) is 2.19. The number of thiocarbonyl (C=S) groups is 1. The van der Waals surface area contributed by atoms with Crippen molar-refractivity contribution < 1.29 is 17.9 Å². The molecular weight excluding hydrogens is 386 g/mol. The maximum absolute atomic E-state index is 12.2. The Morgan fingerprint density at radius 1 is 1.07 bits per heavy atom. The van der Waals surface area contributed by atoms with Crippen molar-refractivity contribution in [2.45, 2.75) is 18.2 Å². The highest BCUT2D eigenvalue weighted by atomic mass is 32.2. The fourth-order valence-electron chi connectivity index (χ4n) is 2.18. The van der Waals surface area contributed by atoms with Crippen molar-refractivity contribution in [1.82, 2.24) is 10.9 Å². The molecule has 0 fully saturated rings. The maximum Gasteiger partial charge on any atom is 0.239 e. The van der Waals surface area contributed by atoms with Crippen molar-refractivity contribution in [1.29, 1.82) is 0 Å². The average Bonchev–Trinajstić information content (AvgIpc) is 2.65. The number of amides is 1. The van der Waals surface area contributed by atoms with Crippen molar-refractivity contribution in [3.05, 3.63) is 54.1 Å². The Labute approximate surface area is 164 Å². The second kappa shape index (κ2) is 9.33. The summed E-state index contributed by atoms with van der Waals surface area (Å²) in [5.41, 5.74) is 6.51. The van der Waals surface area contributed by atoms with Gasteiger partial charge in [0.05, 0.1) is 23.4 Å². The van der Waals surface area contributed by atoms with Crippen molar-refractivity contribution in [3.63, 3.8) is 0 Å². The molecule has 7 nitrogen and oxygen atoms in total. The van der Waals surface area contributed by atoms with Gasteiger partial charge in [0.2, 0.25) is 5.91 Å². The first kappa shape index (κ1) is 20.7. The highest BCUT2D eigenvalue weighted by molar-refractivity contribution is 7.91. The lowest BCUT2D eigenvalue weighted by Crippen LogP contribution is -2.44. The van der Waals surface area contributed by atoms with Crippen LogP contribution in [0.3, 0.4) is 0 Å². The van der Waals surface area contributed by atoms with Crippen molar-refractivity contribution in [2.75, 3.05) is 18.2 Å². The molecule has 2 aromatic carbocycles. The van der Waals surface area contributed by atoms with Crippen molar-refractivity contribution >= 4 is 38.8 Å². The van der Waals surface area contributed by atoms with E-state index in [1.54, 1.807) is 24.3 Å². The van der Waals surface area contributed by atoms with Crippen LogP contribution in [0, 0.1) is 6.92 Å². The molecule has 3 N–H and O–H groups in total. The molecule has 2 rings (SSSR count). The molecule has 2 aromatic rings. The van der Waals surface area contributed by atoms with Crippen LogP contribution in [0.5, 0.6) is 5.75 Å². The van der Waals surface area contributed by atoms with Crippen LogP contribution in [0.1, 0.15) is 12.0 Å². The Morgan fingerprint density at radius 3 is 2.41 bits per heavy atom.